The fourth-order valence-corrected chi connectivity index (χ4v) is 2.01. The molecule has 0 unspecified atom stereocenters. The molecule has 0 bridgehead atoms. The molecule has 1 aromatic carbocycles. The lowest BCUT2D eigenvalue weighted by atomic mass is 9.81. The number of nitrogens with one attached hydrogen (secondary N) is 1. The van der Waals surface area contributed by atoms with Gasteiger partial charge in [-0.1, -0.05) is 13.8 Å². The van der Waals surface area contributed by atoms with Crippen LogP contribution in [0.25, 0.3) is 0 Å². The van der Waals surface area contributed by atoms with Crippen molar-refractivity contribution in [2.24, 2.45) is 0 Å². The molecule has 2 nitrogen and oxygen atoms in total. The fraction of sp³-hybridized carbons (Fsp3) is 0.571. The van der Waals surface area contributed by atoms with Gasteiger partial charge in [0.15, 0.2) is 0 Å². The Balaban J connectivity index is 2.71. The topological polar surface area (TPSA) is 21.3 Å². The Kier molecular flexibility index (Phi) is 5.82. The van der Waals surface area contributed by atoms with Crippen LogP contribution in [-0.4, -0.2) is 26.8 Å². The Morgan fingerprint density at radius 3 is 2.21 bits per heavy atom. The van der Waals surface area contributed by atoms with Crippen molar-refractivity contribution in [1.82, 2.24) is 5.32 Å². The number of hydrogen-bond donors (Lipinski definition) is 1. The Morgan fingerprint density at radius 1 is 1.11 bits per heavy atom. The zero-order valence-corrected chi connectivity index (χ0v) is 11.5. The van der Waals surface area contributed by atoms with E-state index in [1.54, 1.807) is 21.0 Å². The lowest BCUT2D eigenvalue weighted by Crippen LogP contribution is -2.29. The van der Waals surface area contributed by atoms with E-state index in [-0.39, 0.29) is 5.56 Å². The van der Waals surface area contributed by atoms with Crippen LogP contribution in [0.4, 0.5) is 13.2 Å². The molecule has 0 spiro atoms. The summed E-state index contributed by atoms with van der Waals surface area (Å²) in [5.74, 6) is -2.56. The standard InChI is InChI=1S/C14H20F3NO/c1-14(2,4-5-18-6-7-19-3)13-11(16)8-10(15)9-12(13)17/h8-9,18H,4-7H2,1-3H3. The van der Waals surface area contributed by atoms with Gasteiger partial charge in [-0.05, 0) is 18.4 Å². The molecule has 19 heavy (non-hydrogen) atoms. The van der Waals surface area contributed by atoms with E-state index < -0.39 is 22.9 Å². The molecule has 0 aliphatic rings. The first-order chi connectivity index (χ1) is 8.88. The van der Waals surface area contributed by atoms with E-state index in [9.17, 15) is 13.2 Å². The summed E-state index contributed by atoms with van der Waals surface area (Å²) in [7, 11) is 1.61. The number of benzene rings is 1. The highest BCUT2D eigenvalue weighted by molar-refractivity contribution is 5.28. The number of halogens is 3. The number of rotatable bonds is 7. The normalized spacial score (nSPS) is 11.9. The molecule has 0 saturated heterocycles. The highest BCUT2D eigenvalue weighted by Crippen LogP contribution is 2.31. The monoisotopic (exact) mass is 275 g/mol. The summed E-state index contributed by atoms with van der Waals surface area (Å²) in [6, 6.07) is 1.44. The molecule has 0 radical (unpaired) electrons. The third-order valence-corrected chi connectivity index (χ3v) is 3.09. The zero-order valence-electron chi connectivity index (χ0n) is 11.5. The first-order valence-corrected chi connectivity index (χ1v) is 6.23. The second-order valence-corrected chi connectivity index (χ2v) is 5.12. The van der Waals surface area contributed by atoms with Crippen LogP contribution >= 0.6 is 0 Å². The van der Waals surface area contributed by atoms with Crippen molar-refractivity contribution >= 4 is 0 Å². The maximum atomic E-state index is 13.7. The lowest BCUT2D eigenvalue weighted by Gasteiger charge is -2.26. The molecule has 0 aromatic heterocycles. The van der Waals surface area contributed by atoms with Gasteiger partial charge in [0, 0.05) is 31.4 Å². The minimum Gasteiger partial charge on any atom is -0.383 e. The van der Waals surface area contributed by atoms with Crippen LogP contribution in [0.3, 0.4) is 0 Å². The predicted molar refractivity (Wildman–Crippen MR) is 68.7 cm³/mol. The summed E-state index contributed by atoms with van der Waals surface area (Å²) in [5.41, 5.74) is -0.774. The second kappa shape index (κ2) is 6.91. The van der Waals surface area contributed by atoms with E-state index in [1.807, 2.05) is 0 Å². The van der Waals surface area contributed by atoms with Crippen LogP contribution in [-0.2, 0) is 10.2 Å². The van der Waals surface area contributed by atoms with Crippen molar-refractivity contribution in [3.8, 4) is 0 Å². The average Bonchev–Trinajstić information content (AvgIpc) is 2.26. The molecule has 0 amide bonds. The highest BCUT2D eigenvalue weighted by Gasteiger charge is 2.28. The van der Waals surface area contributed by atoms with Crippen LogP contribution in [0.1, 0.15) is 25.8 Å². The van der Waals surface area contributed by atoms with Gasteiger partial charge in [0.2, 0.25) is 0 Å². The Labute approximate surface area is 112 Å². The van der Waals surface area contributed by atoms with Crippen LogP contribution < -0.4 is 5.32 Å². The molecule has 5 heteroatoms. The number of hydrogen-bond acceptors (Lipinski definition) is 2. The Morgan fingerprint density at radius 2 is 1.68 bits per heavy atom. The summed E-state index contributed by atoms with van der Waals surface area (Å²) in [4.78, 5) is 0. The molecule has 1 N–H and O–H groups in total. The molecule has 108 valence electrons. The number of ether oxygens (including phenoxy) is 1. The van der Waals surface area contributed by atoms with E-state index in [0.717, 1.165) is 12.1 Å². The average molecular weight is 275 g/mol. The summed E-state index contributed by atoms with van der Waals surface area (Å²) < 4.78 is 45.2. The van der Waals surface area contributed by atoms with Gasteiger partial charge < -0.3 is 10.1 Å². The molecular weight excluding hydrogens is 255 g/mol. The van der Waals surface area contributed by atoms with Crippen molar-refractivity contribution in [2.75, 3.05) is 26.8 Å². The summed E-state index contributed by atoms with van der Waals surface area (Å²) in [5, 5.41) is 3.12. The maximum absolute atomic E-state index is 13.7. The molecular formula is C14H20F3NO. The van der Waals surface area contributed by atoms with Crippen molar-refractivity contribution in [2.45, 2.75) is 25.7 Å². The lowest BCUT2D eigenvalue weighted by molar-refractivity contribution is 0.198. The van der Waals surface area contributed by atoms with E-state index in [1.165, 1.54) is 0 Å². The fourth-order valence-electron chi connectivity index (χ4n) is 2.01. The predicted octanol–water partition coefficient (Wildman–Crippen LogP) is 3.01. The van der Waals surface area contributed by atoms with Gasteiger partial charge in [0.1, 0.15) is 17.5 Å². The maximum Gasteiger partial charge on any atom is 0.132 e. The Bertz CT molecular complexity index is 398. The second-order valence-electron chi connectivity index (χ2n) is 5.12. The molecule has 1 aromatic rings. The zero-order chi connectivity index (χ0) is 14.5. The van der Waals surface area contributed by atoms with Gasteiger partial charge in [0.05, 0.1) is 6.61 Å². The molecule has 1 rings (SSSR count). The third-order valence-electron chi connectivity index (χ3n) is 3.09. The quantitative estimate of drug-likeness (QED) is 0.772. The molecule has 0 heterocycles. The minimum absolute atomic E-state index is 0.0672. The molecule has 0 aliphatic heterocycles. The van der Waals surface area contributed by atoms with E-state index >= 15 is 0 Å². The summed E-state index contributed by atoms with van der Waals surface area (Å²) in [6.45, 7) is 5.35. The van der Waals surface area contributed by atoms with Crippen LogP contribution in [0.5, 0.6) is 0 Å². The van der Waals surface area contributed by atoms with Gasteiger partial charge in [0.25, 0.3) is 0 Å². The highest BCUT2D eigenvalue weighted by atomic mass is 19.1. The number of methoxy groups -OCH3 is 1. The molecule has 0 atom stereocenters. The van der Waals surface area contributed by atoms with E-state index in [2.05, 4.69) is 5.32 Å². The largest absolute Gasteiger partial charge is 0.383 e. The summed E-state index contributed by atoms with van der Waals surface area (Å²) in [6.07, 6.45) is 0.538. The third kappa shape index (κ3) is 4.51. The van der Waals surface area contributed by atoms with Gasteiger partial charge in [-0.2, -0.15) is 0 Å². The van der Waals surface area contributed by atoms with Gasteiger partial charge >= 0.3 is 0 Å². The summed E-state index contributed by atoms with van der Waals surface area (Å²) >= 11 is 0. The SMILES string of the molecule is COCCNCCC(C)(C)c1c(F)cc(F)cc1F. The smallest absolute Gasteiger partial charge is 0.132 e. The van der Waals surface area contributed by atoms with Crippen LogP contribution in [0.2, 0.25) is 0 Å². The van der Waals surface area contributed by atoms with Crippen molar-refractivity contribution in [3.63, 3.8) is 0 Å². The van der Waals surface area contributed by atoms with Gasteiger partial charge in [-0.3, -0.25) is 0 Å². The van der Waals surface area contributed by atoms with Crippen LogP contribution in [0, 0.1) is 17.5 Å². The molecule has 0 saturated carbocycles. The Hall–Kier alpha value is -1.07. The van der Waals surface area contributed by atoms with Crippen molar-refractivity contribution in [1.29, 1.82) is 0 Å². The van der Waals surface area contributed by atoms with Crippen molar-refractivity contribution in [3.05, 3.63) is 35.1 Å². The first kappa shape index (κ1) is 16.0. The van der Waals surface area contributed by atoms with E-state index in [0.29, 0.717) is 26.1 Å². The minimum atomic E-state index is -0.896. The molecule has 0 aliphatic carbocycles. The van der Waals surface area contributed by atoms with Gasteiger partial charge in [-0.25, -0.2) is 13.2 Å². The van der Waals surface area contributed by atoms with Crippen molar-refractivity contribution < 1.29 is 17.9 Å². The van der Waals surface area contributed by atoms with Gasteiger partial charge in [-0.15, -0.1) is 0 Å². The van der Waals surface area contributed by atoms with E-state index in [4.69, 9.17) is 4.74 Å². The molecule has 0 fully saturated rings. The van der Waals surface area contributed by atoms with Crippen LogP contribution in [0.15, 0.2) is 12.1 Å². The first-order valence-electron chi connectivity index (χ1n) is 6.23.